The molecule has 0 unspecified atom stereocenters. The summed E-state index contributed by atoms with van der Waals surface area (Å²) in [6.07, 6.45) is 1.47. The second-order valence-electron chi connectivity index (χ2n) is 5.74. The van der Waals surface area contributed by atoms with E-state index in [2.05, 4.69) is 15.2 Å². The number of nitrogens with zero attached hydrogens (tertiary/aromatic N) is 3. The van der Waals surface area contributed by atoms with Gasteiger partial charge in [0.05, 0.1) is 0 Å². The Bertz CT molecular complexity index is 977. The van der Waals surface area contributed by atoms with Gasteiger partial charge < -0.3 is 14.4 Å². The number of halogens is 1. The lowest BCUT2D eigenvalue weighted by Crippen LogP contribution is -2.20. The zero-order chi connectivity index (χ0) is 20.1. The van der Waals surface area contributed by atoms with Gasteiger partial charge in [-0.05, 0) is 55.9 Å². The van der Waals surface area contributed by atoms with Crippen molar-refractivity contribution in [3.05, 3.63) is 52.1 Å². The quantitative estimate of drug-likeness (QED) is 0.401. The van der Waals surface area contributed by atoms with Crippen molar-refractivity contribution in [3.63, 3.8) is 0 Å². The van der Waals surface area contributed by atoms with Crippen LogP contribution in [-0.2, 0) is 4.79 Å². The molecule has 3 aromatic rings. The third kappa shape index (κ3) is 4.76. The Labute approximate surface area is 171 Å². The van der Waals surface area contributed by atoms with Gasteiger partial charge in [0.15, 0.2) is 11.7 Å². The van der Waals surface area contributed by atoms with E-state index in [1.54, 1.807) is 18.2 Å². The zero-order valence-electron chi connectivity index (χ0n) is 15.3. The first-order valence-electron chi connectivity index (χ1n) is 8.66. The minimum Gasteiger partial charge on any atom is -0.477 e. The molecule has 146 valence electrons. The van der Waals surface area contributed by atoms with Crippen LogP contribution in [0.5, 0.6) is 0 Å². The van der Waals surface area contributed by atoms with Gasteiger partial charge in [-0.3, -0.25) is 5.10 Å². The lowest BCUT2D eigenvalue weighted by atomic mass is 10.2. The van der Waals surface area contributed by atoms with Crippen LogP contribution < -0.4 is 4.90 Å². The van der Waals surface area contributed by atoms with Crippen molar-refractivity contribution in [3.8, 4) is 11.4 Å². The normalized spacial score (nSPS) is 11.6. The molecule has 2 heterocycles. The number of aromatic nitrogens is 3. The smallest absolute Gasteiger partial charge is 0.342 e. The minimum atomic E-state index is -1.08. The Kier molecular flexibility index (Phi) is 6.43. The van der Waals surface area contributed by atoms with E-state index in [1.165, 1.54) is 6.08 Å². The van der Waals surface area contributed by atoms with Crippen LogP contribution in [0.3, 0.4) is 0 Å². The molecule has 1 aromatic carbocycles. The van der Waals surface area contributed by atoms with Crippen molar-refractivity contribution in [1.29, 1.82) is 0 Å². The van der Waals surface area contributed by atoms with Crippen LogP contribution in [0.4, 0.5) is 5.88 Å². The Morgan fingerprint density at radius 3 is 2.61 bits per heavy atom. The van der Waals surface area contributed by atoms with E-state index in [9.17, 15) is 9.90 Å². The summed E-state index contributed by atoms with van der Waals surface area (Å²) in [6.45, 7) is 5.67. The first-order valence-corrected chi connectivity index (χ1v) is 9.85. The zero-order valence-corrected chi connectivity index (χ0v) is 16.9. The number of hydrogen-bond acceptors (Lipinski definition) is 6. The van der Waals surface area contributed by atoms with Gasteiger partial charge in [0.2, 0.25) is 5.16 Å². The number of aromatic amines is 1. The number of carboxylic acids is 1. The summed E-state index contributed by atoms with van der Waals surface area (Å²) in [5, 5.41) is 17.4. The molecule has 0 aliphatic rings. The molecule has 0 atom stereocenters. The van der Waals surface area contributed by atoms with Crippen molar-refractivity contribution in [2.24, 2.45) is 0 Å². The first kappa shape index (κ1) is 20.0. The number of H-pyrrole nitrogens is 1. The summed E-state index contributed by atoms with van der Waals surface area (Å²) < 4.78 is 5.74. The van der Waals surface area contributed by atoms with Crippen LogP contribution in [0, 0.1) is 0 Å². The van der Waals surface area contributed by atoms with Gasteiger partial charge in [0.1, 0.15) is 10.7 Å². The van der Waals surface area contributed by atoms with Crippen molar-refractivity contribution < 1.29 is 14.3 Å². The fourth-order valence-corrected chi connectivity index (χ4v) is 3.33. The third-order valence-corrected chi connectivity index (χ3v) is 5.09. The highest BCUT2D eigenvalue weighted by Gasteiger charge is 2.16. The minimum absolute atomic E-state index is 0.0575. The molecule has 0 saturated carbocycles. The van der Waals surface area contributed by atoms with Crippen molar-refractivity contribution in [2.75, 3.05) is 18.0 Å². The molecule has 0 spiro atoms. The average Bonchev–Trinajstić information content (AvgIpc) is 3.33. The largest absolute Gasteiger partial charge is 0.477 e. The van der Waals surface area contributed by atoms with Crippen LogP contribution in [-0.4, -0.2) is 39.3 Å². The molecule has 0 aliphatic carbocycles. The summed E-state index contributed by atoms with van der Waals surface area (Å²) in [6, 6.07) is 10.7. The van der Waals surface area contributed by atoms with E-state index >= 15 is 0 Å². The van der Waals surface area contributed by atoms with Crippen molar-refractivity contribution in [1.82, 2.24) is 15.2 Å². The van der Waals surface area contributed by atoms with Gasteiger partial charge >= 0.3 is 5.97 Å². The van der Waals surface area contributed by atoms with Crippen LogP contribution in [0.25, 0.3) is 17.5 Å². The molecular formula is C19H19ClN4O3S. The summed E-state index contributed by atoms with van der Waals surface area (Å²) in [4.78, 5) is 18.1. The number of rotatable bonds is 8. The fraction of sp³-hybridized carbons (Fsp3) is 0.211. The maximum absolute atomic E-state index is 11.7. The number of thioether (sulfide) groups is 1. The van der Waals surface area contributed by atoms with Crippen LogP contribution in [0.1, 0.15) is 19.6 Å². The lowest BCUT2D eigenvalue weighted by molar-refractivity contribution is -0.131. The second kappa shape index (κ2) is 8.99. The molecule has 0 fully saturated rings. The Hall–Kier alpha value is -2.71. The average molecular weight is 419 g/mol. The standard InChI is InChI=1S/C19H19ClN4O3S/c1-3-24(4-2)16-10-9-14(27-16)11-15(18(25)26)28-19-21-17(22-23-19)12-5-7-13(20)8-6-12/h5-11H,3-4H2,1-2H3,(H,25,26)(H,21,22,23)/b15-11-. The molecule has 2 N–H and O–H groups in total. The van der Waals surface area contributed by atoms with Gasteiger partial charge in [-0.2, -0.15) is 0 Å². The molecule has 0 aliphatic heterocycles. The van der Waals surface area contributed by atoms with Crippen molar-refractivity contribution in [2.45, 2.75) is 19.0 Å². The van der Waals surface area contributed by atoms with Gasteiger partial charge in [-0.25, -0.2) is 9.78 Å². The molecule has 3 rings (SSSR count). The van der Waals surface area contributed by atoms with E-state index < -0.39 is 5.97 Å². The van der Waals surface area contributed by atoms with Gasteiger partial charge in [0.25, 0.3) is 0 Å². The molecule has 28 heavy (non-hydrogen) atoms. The second-order valence-corrected chi connectivity index (χ2v) is 7.18. The molecule has 0 saturated heterocycles. The van der Waals surface area contributed by atoms with E-state index in [0.29, 0.717) is 27.6 Å². The number of furan rings is 1. The van der Waals surface area contributed by atoms with Crippen molar-refractivity contribution >= 4 is 41.3 Å². The maximum atomic E-state index is 11.7. The summed E-state index contributed by atoms with van der Waals surface area (Å²) in [5.41, 5.74) is 0.805. The summed E-state index contributed by atoms with van der Waals surface area (Å²) in [7, 11) is 0. The monoisotopic (exact) mass is 418 g/mol. The predicted molar refractivity (Wildman–Crippen MR) is 111 cm³/mol. The van der Waals surface area contributed by atoms with Crippen LogP contribution >= 0.6 is 23.4 Å². The van der Waals surface area contributed by atoms with Crippen LogP contribution in [0.15, 0.2) is 50.9 Å². The first-order chi connectivity index (χ1) is 13.5. The Balaban J connectivity index is 1.79. The predicted octanol–water partition coefficient (Wildman–Crippen LogP) is 4.78. The van der Waals surface area contributed by atoms with Crippen LogP contribution in [0.2, 0.25) is 5.02 Å². The number of nitrogens with one attached hydrogen (secondary N) is 1. The topological polar surface area (TPSA) is 95.2 Å². The van der Waals surface area contributed by atoms with E-state index in [4.69, 9.17) is 16.0 Å². The lowest BCUT2D eigenvalue weighted by Gasteiger charge is -2.16. The molecule has 9 heteroatoms. The SMILES string of the molecule is CCN(CC)c1ccc(/C=C(\Sc2n[nH]c(-c3ccc(Cl)cc3)n2)C(=O)O)o1. The molecule has 0 radical (unpaired) electrons. The summed E-state index contributed by atoms with van der Waals surface area (Å²) in [5.74, 6) is 0.614. The summed E-state index contributed by atoms with van der Waals surface area (Å²) >= 11 is 6.84. The molecule has 7 nitrogen and oxygen atoms in total. The molecule has 0 bridgehead atoms. The number of benzene rings is 1. The van der Waals surface area contributed by atoms with Gasteiger partial charge in [-0.15, -0.1) is 5.10 Å². The van der Waals surface area contributed by atoms with Gasteiger partial charge in [-0.1, -0.05) is 11.6 Å². The highest BCUT2D eigenvalue weighted by Crippen LogP contribution is 2.29. The number of aliphatic carboxylic acids is 1. The van der Waals surface area contributed by atoms with Gasteiger partial charge in [0, 0.05) is 35.8 Å². The van der Waals surface area contributed by atoms with E-state index in [1.807, 2.05) is 36.9 Å². The molecular weight excluding hydrogens is 400 g/mol. The molecule has 0 amide bonds. The Morgan fingerprint density at radius 2 is 1.96 bits per heavy atom. The highest BCUT2D eigenvalue weighted by atomic mass is 35.5. The molecule has 2 aromatic heterocycles. The maximum Gasteiger partial charge on any atom is 0.342 e. The number of hydrogen-bond donors (Lipinski definition) is 2. The fourth-order valence-electron chi connectivity index (χ4n) is 2.52. The third-order valence-electron chi connectivity index (χ3n) is 3.96. The van der Waals surface area contributed by atoms with E-state index in [-0.39, 0.29) is 4.91 Å². The Morgan fingerprint density at radius 1 is 1.25 bits per heavy atom. The van der Waals surface area contributed by atoms with E-state index in [0.717, 1.165) is 30.4 Å². The number of carboxylic acid groups (broad SMARTS) is 1. The number of anilines is 1. The number of carbonyl (C=O) groups is 1. The highest BCUT2D eigenvalue weighted by molar-refractivity contribution is 8.04.